The molecule has 0 bridgehead atoms. The van der Waals surface area contributed by atoms with Crippen molar-refractivity contribution in [1.29, 1.82) is 0 Å². The molecule has 0 radical (unpaired) electrons. The van der Waals surface area contributed by atoms with Crippen molar-refractivity contribution < 1.29 is 0 Å². The fourth-order valence-electron chi connectivity index (χ4n) is 2.26. The summed E-state index contributed by atoms with van der Waals surface area (Å²) in [6.45, 7) is 9.86. The van der Waals surface area contributed by atoms with Gasteiger partial charge in [0.05, 0.1) is 0 Å². The van der Waals surface area contributed by atoms with Gasteiger partial charge in [0.2, 0.25) is 5.95 Å². The summed E-state index contributed by atoms with van der Waals surface area (Å²) in [5, 5.41) is 7.25. The SMILES string of the molecule is CCCn1c(N2CCC(C)(C)C2)n[nH]c1=S. The highest BCUT2D eigenvalue weighted by Crippen LogP contribution is 2.31. The van der Waals surface area contributed by atoms with Crippen LogP contribution in [0.15, 0.2) is 0 Å². The van der Waals surface area contributed by atoms with Crippen LogP contribution in [0, 0.1) is 10.2 Å². The van der Waals surface area contributed by atoms with Crippen LogP contribution in [-0.2, 0) is 6.54 Å². The lowest BCUT2D eigenvalue weighted by Crippen LogP contribution is -2.25. The Hall–Kier alpha value is -0.840. The van der Waals surface area contributed by atoms with Crippen LogP contribution in [0.25, 0.3) is 0 Å². The minimum absolute atomic E-state index is 0.393. The van der Waals surface area contributed by atoms with Gasteiger partial charge < -0.3 is 4.90 Å². The molecule has 4 nitrogen and oxygen atoms in total. The van der Waals surface area contributed by atoms with Crippen LogP contribution < -0.4 is 4.90 Å². The Kier molecular flexibility index (Phi) is 3.06. The summed E-state index contributed by atoms with van der Waals surface area (Å²) >= 11 is 5.25. The molecule has 0 aromatic carbocycles. The summed E-state index contributed by atoms with van der Waals surface area (Å²) in [5.74, 6) is 1.01. The van der Waals surface area contributed by atoms with Crippen molar-refractivity contribution in [2.24, 2.45) is 5.41 Å². The van der Waals surface area contributed by atoms with Crippen LogP contribution in [-0.4, -0.2) is 27.9 Å². The summed E-state index contributed by atoms with van der Waals surface area (Å²) in [5.41, 5.74) is 0.393. The standard InChI is InChI=1S/C11H20N4S/c1-4-6-15-9(12-13-10(15)16)14-7-5-11(2,3)8-14/h4-8H2,1-3H3,(H,13,16). The maximum absolute atomic E-state index is 5.25. The van der Waals surface area contributed by atoms with Gasteiger partial charge in [-0.25, -0.2) is 5.10 Å². The smallest absolute Gasteiger partial charge is 0.225 e. The number of hydrogen-bond acceptors (Lipinski definition) is 3. The van der Waals surface area contributed by atoms with Crippen molar-refractivity contribution in [1.82, 2.24) is 14.8 Å². The lowest BCUT2D eigenvalue weighted by atomic mass is 9.93. The Morgan fingerprint density at radius 2 is 2.25 bits per heavy atom. The van der Waals surface area contributed by atoms with Gasteiger partial charge >= 0.3 is 0 Å². The average Bonchev–Trinajstić information content (AvgIpc) is 2.72. The molecule has 1 aliphatic rings. The Morgan fingerprint density at radius 1 is 1.50 bits per heavy atom. The van der Waals surface area contributed by atoms with Crippen LogP contribution in [0.3, 0.4) is 0 Å². The van der Waals surface area contributed by atoms with E-state index in [9.17, 15) is 0 Å². The predicted molar refractivity (Wildman–Crippen MR) is 68.3 cm³/mol. The largest absolute Gasteiger partial charge is 0.340 e. The number of aromatic nitrogens is 3. The molecule has 1 aromatic heterocycles. The number of aromatic amines is 1. The van der Waals surface area contributed by atoms with Gasteiger partial charge in [-0.15, -0.1) is 5.10 Å². The molecule has 1 N–H and O–H groups in total. The molecule has 0 saturated carbocycles. The molecule has 2 rings (SSSR count). The lowest BCUT2D eigenvalue weighted by molar-refractivity contribution is 0.417. The van der Waals surface area contributed by atoms with Gasteiger partial charge in [-0.05, 0) is 30.5 Å². The van der Waals surface area contributed by atoms with Crippen molar-refractivity contribution in [2.45, 2.75) is 40.2 Å². The average molecular weight is 240 g/mol. The summed E-state index contributed by atoms with van der Waals surface area (Å²) < 4.78 is 2.85. The van der Waals surface area contributed by atoms with Crippen molar-refractivity contribution in [3.63, 3.8) is 0 Å². The normalized spacial score (nSPS) is 19.3. The van der Waals surface area contributed by atoms with Gasteiger partial charge in [-0.3, -0.25) is 4.57 Å². The third-order valence-corrected chi connectivity index (χ3v) is 3.46. The molecule has 1 aromatic rings. The Balaban J connectivity index is 2.24. The van der Waals surface area contributed by atoms with Gasteiger partial charge in [-0.1, -0.05) is 20.8 Å². The van der Waals surface area contributed by atoms with E-state index in [1.54, 1.807) is 0 Å². The van der Waals surface area contributed by atoms with Crippen LogP contribution in [0.2, 0.25) is 0 Å². The fourth-order valence-corrected chi connectivity index (χ4v) is 2.48. The second-order valence-electron chi connectivity index (χ2n) is 5.32. The number of nitrogens with one attached hydrogen (secondary N) is 1. The summed E-state index contributed by atoms with van der Waals surface area (Å²) in [6.07, 6.45) is 2.30. The minimum Gasteiger partial charge on any atom is -0.340 e. The van der Waals surface area contributed by atoms with Gasteiger partial charge in [0.15, 0.2) is 4.77 Å². The molecule has 0 aliphatic carbocycles. The molecule has 1 fully saturated rings. The maximum atomic E-state index is 5.25. The highest BCUT2D eigenvalue weighted by atomic mass is 32.1. The lowest BCUT2D eigenvalue weighted by Gasteiger charge is -2.20. The van der Waals surface area contributed by atoms with Crippen LogP contribution in [0.5, 0.6) is 0 Å². The summed E-state index contributed by atoms with van der Waals surface area (Å²) in [4.78, 5) is 2.34. The van der Waals surface area contributed by atoms with E-state index in [0.29, 0.717) is 5.41 Å². The third kappa shape index (κ3) is 2.14. The number of nitrogens with zero attached hydrogens (tertiary/aromatic N) is 3. The first-order chi connectivity index (χ1) is 7.53. The first-order valence-electron chi connectivity index (χ1n) is 5.94. The zero-order valence-electron chi connectivity index (χ0n) is 10.3. The molecule has 0 atom stereocenters. The monoisotopic (exact) mass is 240 g/mol. The van der Waals surface area contributed by atoms with E-state index in [-0.39, 0.29) is 0 Å². The number of anilines is 1. The first kappa shape index (κ1) is 11.6. The van der Waals surface area contributed by atoms with Crippen LogP contribution in [0.4, 0.5) is 5.95 Å². The zero-order chi connectivity index (χ0) is 11.8. The van der Waals surface area contributed by atoms with Gasteiger partial charge in [0.25, 0.3) is 0 Å². The highest BCUT2D eigenvalue weighted by molar-refractivity contribution is 7.71. The number of rotatable bonds is 3. The molecular weight excluding hydrogens is 220 g/mol. The molecule has 1 saturated heterocycles. The van der Waals surface area contributed by atoms with E-state index in [2.05, 4.69) is 40.4 Å². The van der Waals surface area contributed by atoms with E-state index < -0.39 is 0 Å². The topological polar surface area (TPSA) is 36.9 Å². The number of hydrogen-bond donors (Lipinski definition) is 1. The number of H-pyrrole nitrogens is 1. The first-order valence-corrected chi connectivity index (χ1v) is 6.34. The molecule has 0 unspecified atom stereocenters. The van der Waals surface area contributed by atoms with Crippen molar-refractivity contribution in [3.8, 4) is 0 Å². The van der Waals surface area contributed by atoms with E-state index in [0.717, 1.165) is 36.8 Å². The second kappa shape index (κ2) is 4.20. The van der Waals surface area contributed by atoms with Crippen LogP contribution in [0.1, 0.15) is 33.6 Å². The molecule has 0 amide bonds. The van der Waals surface area contributed by atoms with Gasteiger partial charge in [-0.2, -0.15) is 0 Å². The Bertz CT molecular complexity index is 418. The van der Waals surface area contributed by atoms with Crippen LogP contribution >= 0.6 is 12.2 Å². The molecule has 16 heavy (non-hydrogen) atoms. The fraction of sp³-hybridized carbons (Fsp3) is 0.818. The van der Waals surface area contributed by atoms with Crippen molar-refractivity contribution in [2.75, 3.05) is 18.0 Å². The highest BCUT2D eigenvalue weighted by Gasteiger charge is 2.31. The third-order valence-electron chi connectivity index (χ3n) is 3.15. The summed E-state index contributed by atoms with van der Waals surface area (Å²) in [7, 11) is 0. The quantitative estimate of drug-likeness (QED) is 0.825. The molecule has 90 valence electrons. The second-order valence-corrected chi connectivity index (χ2v) is 5.70. The maximum Gasteiger partial charge on any atom is 0.225 e. The molecule has 1 aliphatic heterocycles. The molecule has 0 spiro atoms. The van der Waals surface area contributed by atoms with Gasteiger partial charge in [0.1, 0.15) is 0 Å². The minimum atomic E-state index is 0.393. The Labute approximate surface area is 102 Å². The van der Waals surface area contributed by atoms with E-state index in [1.807, 2.05) is 0 Å². The summed E-state index contributed by atoms with van der Waals surface area (Å²) in [6, 6.07) is 0. The predicted octanol–water partition coefficient (Wildman–Crippen LogP) is 2.59. The molecular formula is C11H20N4S. The van der Waals surface area contributed by atoms with Crippen molar-refractivity contribution >= 4 is 18.2 Å². The molecule has 5 heteroatoms. The van der Waals surface area contributed by atoms with Crippen molar-refractivity contribution in [3.05, 3.63) is 4.77 Å². The van der Waals surface area contributed by atoms with Gasteiger partial charge in [0, 0.05) is 19.6 Å². The molecule has 2 heterocycles. The van der Waals surface area contributed by atoms with E-state index in [4.69, 9.17) is 12.2 Å². The van der Waals surface area contributed by atoms with E-state index >= 15 is 0 Å². The van der Waals surface area contributed by atoms with E-state index in [1.165, 1.54) is 6.42 Å². The Morgan fingerprint density at radius 3 is 2.81 bits per heavy atom. The zero-order valence-corrected chi connectivity index (χ0v) is 11.1.